The summed E-state index contributed by atoms with van der Waals surface area (Å²) in [6.45, 7) is 0.806. The van der Waals surface area contributed by atoms with Gasteiger partial charge in [0.15, 0.2) is 0 Å². The van der Waals surface area contributed by atoms with Crippen LogP contribution in [0.2, 0.25) is 0 Å². The summed E-state index contributed by atoms with van der Waals surface area (Å²) in [6, 6.07) is 10.9. The summed E-state index contributed by atoms with van der Waals surface area (Å²) in [5, 5.41) is 4.17. The van der Waals surface area contributed by atoms with E-state index in [1.54, 1.807) is 6.20 Å². The summed E-state index contributed by atoms with van der Waals surface area (Å²) in [6.07, 6.45) is 3.74. The smallest absolute Gasteiger partial charge is 0.0659 e. The number of aromatic nitrogens is 2. The molecule has 2 rings (SSSR count). The van der Waals surface area contributed by atoms with Crippen molar-refractivity contribution in [2.24, 2.45) is 0 Å². The lowest BCUT2D eigenvalue weighted by atomic mass is 10.2. The molecule has 0 unspecified atom stereocenters. The van der Waals surface area contributed by atoms with E-state index in [0.29, 0.717) is 0 Å². The fourth-order valence-electron chi connectivity index (χ4n) is 1.14. The maximum absolute atomic E-state index is 4.17. The minimum atomic E-state index is 0.806. The highest BCUT2D eigenvalue weighted by molar-refractivity contribution is 9.10. The summed E-state index contributed by atoms with van der Waals surface area (Å²) in [5.74, 6) is 0. The second kappa shape index (κ2) is 3.75. The van der Waals surface area contributed by atoms with Crippen molar-refractivity contribution in [2.75, 3.05) is 0 Å². The average Bonchev–Trinajstić information content (AvgIpc) is 2.53. The molecular weight excluding hydrogens is 228 g/mol. The van der Waals surface area contributed by atoms with E-state index in [9.17, 15) is 0 Å². The molecular formula is C10H8BrN2. The zero-order valence-corrected chi connectivity index (χ0v) is 8.53. The van der Waals surface area contributed by atoms with Crippen LogP contribution in [0.3, 0.4) is 0 Å². The summed E-state index contributed by atoms with van der Waals surface area (Å²) in [7, 11) is 0. The molecule has 0 aliphatic rings. The fourth-order valence-corrected chi connectivity index (χ4v) is 1.47. The molecule has 0 bridgehead atoms. The Labute approximate surface area is 85.3 Å². The summed E-state index contributed by atoms with van der Waals surface area (Å²) >= 11 is 3.36. The van der Waals surface area contributed by atoms with Crippen molar-refractivity contribution in [3.8, 4) is 0 Å². The first-order valence-electron chi connectivity index (χ1n) is 3.97. The predicted molar refractivity (Wildman–Crippen MR) is 54.3 cm³/mol. The van der Waals surface area contributed by atoms with Gasteiger partial charge in [0.05, 0.1) is 17.2 Å². The van der Waals surface area contributed by atoms with E-state index < -0.39 is 0 Å². The average molecular weight is 236 g/mol. The van der Waals surface area contributed by atoms with Crippen molar-refractivity contribution in [2.45, 2.75) is 6.54 Å². The second-order valence-electron chi connectivity index (χ2n) is 2.76. The molecule has 0 atom stereocenters. The Hall–Kier alpha value is -1.09. The molecule has 0 N–H and O–H groups in total. The fraction of sp³-hybridized carbons (Fsp3) is 0.100. The van der Waals surface area contributed by atoms with Crippen LogP contribution in [0.4, 0.5) is 0 Å². The molecule has 13 heavy (non-hydrogen) atoms. The molecule has 0 aliphatic carbocycles. The van der Waals surface area contributed by atoms with Crippen LogP contribution in [0.15, 0.2) is 41.1 Å². The first-order valence-corrected chi connectivity index (χ1v) is 4.77. The van der Waals surface area contributed by atoms with Gasteiger partial charge in [-0.25, -0.2) is 0 Å². The van der Waals surface area contributed by atoms with Crippen LogP contribution in [0.25, 0.3) is 0 Å². The number of hydrogen-bond donors (Lipinski definition) is 0. The topological polar surface area (TPSA) is 17.8 Å². The van der Waals surface area contributed by atoms with Crippen LogP contribution < -0.4 is 0 Å². The zero-order chi connectivity index (χ0) is 9.10. The van der Waals surface area contributed by atoms with Gasteiger partial charge in [-0.05, 0) is 27.6 Å². The number of nitrogens with zero attached hydrogens (tertiary/aromatic N) is 2. The van der Waals surface area contributed by atoms with Crippen molar-refractivity contribution in [3.05, 3.63) is 52.8 Å². The molecule has 1 aromatic heterocycles. The van der Waals surface area contributed by atoms with Crippen LogP contribution in [-0.2, 0) is 6.54 Å². The second-order valence-corrected chi connectivity index (χ2v) is 3.68. The van der Waals surface area contributed by atoms with Gasteiger partial charge in [0.25, 0.3) is 0 Å². The lowest BCUT2D eigenvalue weighted by Crippen LogP contribution is -1.98. The molecule has 0 aliphatic heterocycles. The number of benzene rings is 1. The maximum atomic E-state index is 4.17. The Balaban J connectivity index is 2.15. The van der Waals surface area contributed by atoms with Gasteiger partial charge in [0, 0.05) is 6.20 Å². The Morgan fingerprint density at radius 2 is 2.15 bits per heavy atom. The summed E-state index contributed by atoms with van der Waals surface area (Å²) in [5.41, 5.74) is 1.23. The van der Waals surface area contributed by atoms with E-state index in [2.05, 4.69) is 27.1 Å². The molecule has 65 valence electrons. The van der Waals surface area contributed by atoms with Gasteiger partial charge >= 0.3 is 0 Å². The van der Waals surface area contributed by atoms with E-state index in [1.165, 1.54) is 5.56 Å². The van der Waals surface area contributed by atoms with Gasteiger partial charge < -0.3 is 0 Å². The first kappa shape index (κ1) is 8.51. The van der Waals surface area contributed by atoms with E-state index in [4.69, 9.17) is 0 Å². The first-order chi connectivity index (χ1) is 6.34. The predicted octanol–water partition coefficient (Wildman–Crippen LogP) is 2.49. The van der Waals surface area contributed by atoms with Gasteiger partial charge in [0.1, 0.15) is 0 Å². The largest absolute Gasteiger partial charge is 0.267 e. The van der Waals surface area contributed by atoms with Crippen molar-refractivity contribution >= 4 is 15.9 Å². The number of hydrogen-bond acceptors (Lipinski definition) is 1. The Morgan fingerprint density at radius 3 is 2.77 bits per heavy atom. The minimum Gasteiger partial charge on any atom is -0.267 e. The van der Waals surface area contributed by atoms with Crippen LogP contribution >= 0.6 is 15.9 Å². The number of halogens is 1. The van der Waals surface area contributed by atoms with E-state index in [-0.39, 0.29) is 0 Å². The Morgan fingerprint density at radius 1 is 1.38 bits per heavy atom. The normalized spacial score (nSPS) is 10.2. The lowest BCUT2D eigenvalue weighted by molar-refractivity contribution is 0.686. The SMILES string of the molecule is Brc1cnn(Cc2cc[c]cc2)c1. The van der Waals surface area contributed by atoms with Gasteiger partial charge in [-0.2, -0.15) is 5.10 Å². The molecule has 3 heteroatoms. The van der Waals surface area contributed by atoms with Gasteiger partial charge in [-0.3, -0.25) is 4.68 Å². The van der Waals surface area contributed by atoms with Crippen molar-refractivity contribution in [1.82, 2.24) is 9.78 Å². The quantitative estimate of drug-likeness (QED) is 0.783. The Kier molecular flexibility index (Phi) is 2.45. The molecule has 1 aromatic carbocycles. The summed E-state index contributed by atoms with van der Waals surface area (Å²) < 4.78 is 2.90. The Bertz CT molecular complexity index is 381. The van der Waals surface area contributed by atoms with Gasteiger partial charge in [-0.15, -0.1) is 0 Å². The zero-order valence-electron chi connectivity index (χ0n) is 6.94. The van der Waals surface area contributed by atoms with Gasteiger partial charge in [0.2, 0.25) is 0 Å². The highest BCUT2D eigenvalue weighted by atomic mass is 79.9. The van der Waals surface area contributed by atoms with E-state index in [0.717, 1.165) is 11.0 Å². The standard InChI is InChI=1S/C10H8BrN2/c11-10-6-12-13(8-10)7-9-4-2-1-3-5-9/h2-6,8H,7H2. The highest BCUT2D eigenvalue weighted by Crippen LogP contribution is 2.08. The van der Waals surface area contributed by atoms with Crippen LogP contribution in [-0.4, -0.2) is 9.78 Å². The molecule has 0 spiro atoms. The van der Waals surface area contributed by atoms with Crippen LogP contribution in [0.5, 0.6) is 0 Å². The molecule has 0 saturated carbocycles. The number of rotatable bonds is 2. The highest BCUT2D eigenvalue weighted by Gasteiger charge is 1.95. The molecule has 1 heterocycles. The molecule has 0 saturated heterocycles. The molecule has 0 amide bonds. The van der Waals surface area contributed by atoms with Crippen molar-refractivity contribution in [1.29, 1.82) is 0 Å². The maximum Gasteiger partial charge on any atom is 0.0659 e. The summed E-state index contributed by atoms with van der Waals surface area (Å²) in [4.78, 5) is 0. The van der Waals surface area contributed by atoms with Crippen molar-refractivity contribution in [3.63, 3.8) is 0 Å². The molecule has 0 fully saturated rings. The minimum absolute atomic E-state index is 0.806. The van der Waals surface area contributed by atoms with E-state index in [1.807, 2.05) is 35.1 Å². The van der Waals surface area contributed by atoms with E-state index >= 15 is 0 Å². The molecule has 1 radical (unpaired) electrons. The molecule has 2 nitrogen and oxygen atoms in total. The third-order valence-corrected chi connectivity index (χ3v) is 2.14. The van der Waals surface area contributed by atoms with Crippen LogP contribution in [0.1, 0.15) is 5.56 Å². The third-order valence-electron chi connectivity index (χ3n) is 1.73. The van der Waals surface area contributed by atoms with Crippen molar-refractivity contribution < 1.29 is 0 Å². The third kappa shape index (κ3) is 2.18. The lowest BCUT2D eigenvalue weighted by Gasteiger charge is -1.99. The molecule has 2 aromatic rings. The van der Waals surface area contributed by atoms with Crippen LogP contribution in [0, 0.1) is 6.07 Å². The monoisotopic (exact) mass is 235 g/mol. The van der Waals surface area contributed by atoms with Gasteiger partial charge in [-0.1, -0.05) is 24.3 Å².